The van der Waals surface area contributed by atoms with Crippen molar-refractivity contribution in [3.8, 4) is 0 Å². The number of carbonyl (C=O) groups is 2. The molecule has 3 aliphatic rings. The molecule has 2 amide bonds. The zero-order valence-electron chi connectivity index (χ0n) is 18.1. The molecular formula is C23H36Cl2N4O2. The van der Waals surface area contributed by atoms with Crippen LogP contribution in [0.3, 0.4) is 0 Å². The molecule has 1 saturated carbocycles. The van der Waals surface area contributed by atoms with Gasteiger partial charge in [0, 0.05) is 24.7 Å². The number of likely N-dealkylation sites (tertiary alicyclic amines) is 1. The number of nitrogens with zero attached hydrogens (tertiary/aromatic N) is 1. The highest BCUT2D eigenvalue weighted by Crippen LogP contribution is 2.44. The Balaban J connectivity index is 0.00000171. The minimum atomic E-state index is -0.214. The Kier molecular flexibility index (Phi) is 9.62. The smallest absolute Gasteiger partial charge is 0.232 e. The Morgan fingerprint density at radius 3 is 2.48 bits per heavy atom. The van der Waals surface area contributed by atoms with E-state index in [1.807, 2.05) is 12.1 Å². The summed E-state index contributed by atoms with van der Waals surface area (Å²) in [6.45, 7) is 4.67. The van der Waals surface area contributed by atoms with E-state index >= 15 is 0 Å². The van der Waals surface area contributed by atoms with Crippen molar-refractivity contribution < 1.29 is 9.59 Å². The van der Waals surface area contributed by atoms with Crippen molar-refractivity contribution in [3.63, 3.8) is 0 Å². The summed E-state index contributed by atoms with van der Waals surface area (Å²) >= 11 is 0. The fraction of sp³-hybridized carbons (Fsp3) is 0.652. The van der Waals surface area contributed by atoms with Gasteiger partial charge in [-0.15, -0.1) is 24.8 Å². The van der Waals surface area contributed by atoms with Crippen molar-refractivity contribution >= 4 is 42.3 Å². The van der Waals surface area contributed by atoms with Gasteiger partial charge in [0.1, 0.15) is 0 Å². The van der Waals surface area contributed by atoms with Crippen LogP contribution in [-0.4, -0.2) is 49.4 Å². The van der Waals surface area contributed by atoms with Crippen molar-refractivity contribution in [2.45, 2.75) is 44.9 Å². The number of piperidine rings is 1. The molecule has 0 bridgehead atoms. The second kappa shape index (κ2) is 11.5. The lowest BCUT2D eigenvalue weighted by Gasteiger charge is -2.37. The number of halogens is 2. The molecule has 2 aliphatic heterocycles. The molecule has 0 spiro atoms. The van der Waals surface area contributed by atoms with E-state index in [9.17, 15) is 9.59 Å². The SMILES string of the molecule is Cl.Cl.NC(=O)C1CCN(CCc2ccc(NC(=O)[C@@]34CCCC[C@H]3CNC4)cc2)CC1. The molecule has 2 saturated heterocycles. The van der Waals surface area contributed by atoms with Gasteiger partial charge in [-0.25, -0.2) is 0 Å². The summed E-state index contributed by atoms with van der Waals surface area (Å²) in [5, 5.41) is 6.64. The van der Waals surface area contributed by atoms with Crippen molar-refractivity contribution in [1.82, 2.24) is 10.2 Å². The highest BCUT2D eigenvalue weighted by atomic mass is 35.5. The molecule has 1 aromatic carbocycles. The van der Waals surface area contributed by atoms with Crippen LogP contribution < -0.4 is 16.4 Å². The quantitative estimate of drug-likeness (QED) is 0.596. The van der Waals surface area contributed by atoms with Gasteiger partial charge in [-0.2, -0.15) is 0 Å². The van der Waals surface area contributed by atoms with E-state index in [-0.39, 0.29) is 48.0 Å². The lowest BCUT2D eigenvalue weighted by molar-refractivity contribution is -0.128. The second-order valence-electron chi connectivity index (χ2n) is 9.15. The number of hydrogen-bond acceptors (Lipinski definition) is 4. The number of hydrogen-bond donors (Lipinski definition) is 3. The van der Waals surface area contributed by atoms with Crippen LogP contribution in [-0.2, 0) is 16.0 Å². The van der Waals surface area contributed by atoms with Gasteiger partial charge in [-0.3, -0.25) is 9.59 Å². The summed E-state index contributed by atoms with van der Waals surface area (Å²) in [5.74, 6) is 0.564. The van der Waals surface area contributed by atoms with Crippen LogP contribution in [0.15, 0.2) is 24.3 Å². The van der Waals surface area contributed by atoms with E-state index in [0.29, 0.717) is 5.92 Å². The van der Waals surface area contributed by atoms with Crippen molar-refractivity contribution in [2.75, 3.05) is 38.0 Å². The van der Waals surface area contributed by atoms with Gasteiger partial charge < -0.3 is 21.3 Å². The van der Waals surface area contributed by atoms with Crippen molar-refractivity contribution in [3.05, 3.63) is 29.8 Å². The zero-order chi connectivity index (χ0) is 20.3. The summed E-state index contributed by atoms with van der Waals surface area (Å²) in [5.41, 5.74) is 7.37. The summed E-state index contributed by atoms with van der Waals surface area (Å²) in [6.07, 6.45) is 7.29. The standard InChI is InChI=1S/C23H34N4O2.2ClH/c24-21(28)18-9-13-27(14-10-18)12-8-17-4-6-20(7-5-17)26-22(29)23-11-2-1-3-19(23)15-25-16-23;;/h4-7,18-19,25H,1-3,8-16H2,(H2,24,28)(H,26,29);2*1H/t19-,23+;;/m0../s1. The predicted octanol–water partition coefficient (Wildman–Crippen LogP) is 2.99. The number of anilines is 1. The van der Waals surface area contributed by atoms with Crippen LogP contribution in [0.2, 0.25) is 0 Å². The molecule has 2 heterocycles. The average Bonchev–Trinajstić information content (AvgIpc) is 3.19. The Morgan fingerprint density at radius 1 is 1.10 bits per heavy atom. The minimum absolute atomic E-state index is 0. The molecule has 174 valence electrons. The van der Waals surface area contributed by atoms with Gasteiger partial charge in [0.25, 0.3) is 0 Å². The lowest BCUT2D eigenvalue weighted by Crippen LogP contribution is -2.44. The van der Waals surface area contributed by atoms with Crippen LogP contribution in [0.4, 0.5) is 5.69 Å². The molecule has 4 rings (SSSR count). The van der Waals surface area contributed by atoms with E-state index in [1.54, 1.807) is 0 Å². The first-order chi connectivity index (χ1) is 14.1. The Bertz CT molecular complexity index is 738. The number of amides is 2. The van der Waals surface area contributed by atoms with Gasteiger partial charge in [0.05, 0.1) is 5.41 Å². The molecule has 6 nitrogen and oxygen atoms in total. The first kappa shape index (κ1) is 25.9. The first-order valence-electron chi connectivity index (χ1n) is 11.2. The van der Waals surface area contributed by atoms with E-state index in [2.05, 4.69) is 27.7 Å². The molecular weight excluding hydrogens is 435 g/mol. The zero-order valence-corrected chi connectivity index (χ0v) is 19.7. The maximum Gasteiger partial charge on any atom is 0.232 e. The Morgan fingerprint density at radius 2 is 1.81 bits per heavy atom. The highest BCUT2D eigenvalue weighted by molar-refractivity contribution is 5.96. The van der Waals surface area contributed by atoms with Crippen LogP contribution in [0.5, 0.6) is 0 Å². The van der Waals surface area contributed by atoms with Crippen molar-refractivity contribution in [2.24, 2.45) is 23.0 Å². The molecule has 1 aromatic rings. The third kappa shape index (κ3) is 5.92. The average molecular weight is 471 g/mol. The molecule has 31 heavy (non-hydrogen) atoms. The summed E-state index contributed by atoms with van der Waals surface area (Å²) in [4.78, 5) is 26.8. The van der Waals surface area contributed by atoms with E-state index in [0.717, 1.165) is 76.9 Å². The maximum absolute atomic E-state index is 13.1. The monoisotopic (exact) mass is 470 g/mol. The predicted molar refractivity (Wildman–Crippen MR) is 129 cm³/mol. The first-order valence-corrected chi connectivity index (χ1v) is 11.2. The number of fused-ring (bicyclic) bond motifs is 1. The van der Waals surface area contributed by atoms with Gasteiger partial charge >= 0.3 is 0 Å². The minimum Gasteiger partial charge on any atom is -0.369 e. The molecule has 8 heteroatoms. The van der Waals surface area contributed by atoms with E-state index in [4.69, 9.17) is 5.73 Å². The number of rotatable bonds is 6. The second-order valence-corrected chi connectivity index (χ2v) is 9.15. The van der Waals surface area contributed by atoms with Crippen molar-refractivity contribution in [1.29, 1.82) is 0 Å². The normalized spacial score (nSPS) is 26.3. The van der Waals surface area contributed by atoms with Gasteiger partial charge in [0.2, 0.25) is 11.8 Å². The summed E-state index contributed by atoms with van der Waals surface area (Å²) in [7, 11) is 0. The van der Waals surface area contributed by atoms with Gasteiger partial charge in [-0.05, 0) is 75.4 Å². The number of carbonyl (C=O) groups excluding carboxylic acids is 2. The van der Waals surface area contributed by atoms with Gasteiger partial charge in [-0.1, -0.05) is 25.0 Å². The lowest BCUT2D eigenvalue weighted by atomic mass is 9.67. The van der Waals surface area contributed by atoms with Crippen LogP contribution in [0.1, 0.15) is 44.1 Å². The molecule has 0 aromatic heterocycles. The van der Waals surface area contributed by atoms with Gasteiger partial charge in [0.15, 0.2) is 0 Å². The maximum atomic E-state index is 13.1. The molecule has 2 atom stereocenters. The third-order valence-corrected chi connectivity index (χ3v) is 7.41. The molecule has 0 unspecified atom stereocenters. The summed E-state index contributed by atoms with van der Waals surface area (Å²) < 4.78 is 0. The third-order valence-electron chi connectivity index (χ3n) is 7.41. The number of nitrogens with two attached hydrogens (primary N) is 1. The molecule has 3 fully saturated rings. The highest BCUT2D eigenvalue weighted by Gasteiger charge is 2.49. The number of benzene rings is 1. The summed E-state index contributed by atoms with van der Waals surface area (Å²) in [6, 6.07) is 8.30. The topological polar surface area (TPSA) is 87.5 Å². The van der Waals surface area contributed by atoms with E-state index in [1.165, 1.54) is 12.0 Å². The molecule has 4 N–H and O–H groups in total. The van der Waals surface area contributed by atoms with Crippen LogP contribution in [0, 0.1) is 17.3 Å². The fourth-order valence-electron chi connectivity index (χ4n) is 5.43. The molecule has 0 radical (unpaired) electrons. The largest absolute Gasteiger partial charge is 0.369 e. The van der Waals surface area contributed by atoms with Crippen LogP contribution in [0.25, 0.3) is 0 Å². The number of nitrogens with one attached hydrogen (secondary N) is 2. The Labute approximate surface area is 197 Å². The fourth-order valence-corrected chi connectivity index (χ4v) is 5.43. The number of primary amides is 1. The van der Waals surface area contributed by atoms with E-state index < -0.39 is 0 Å². The molecule has 1 aliphatic carbocycles. The Hall–Kier alpha value is -1.34. The van der Waals surface area contributed by atoms with Crippen LogP contribution >= 0.6 is 24.8 Å².